The number of carbonyl (C=O) groups excluding carboxylic acids is 1. The molecule has 1 radical (unpaired) electrons. The minimum Gasteiger partial charge on any atom is -0.480 e. The van der Waals surface area contributed by atoms with Gasteiger partial charge in [-0.15, -0.1) is 0 Å². The summed E-state index contributed by atoms with van der Waals surface area (Å²) in [6.07, 6.45) is -4.85. The molecule has 1 saturated heterocycles. The van der Waals surface area contributed by atoms with E-state index in [2.05, 4.69) is 17.9 Å². The van der Waals surface area contributed by atoms with Gasteiger partial charge in [0, 0.05) is 64.1 Å². The van der Waals surface area contributed by atoms with E-state index in [0.29, 0.717) is 0 Å². The van der Waals surface area contributed by atoms with Crippen LogP contribution >= 0.6 is 12.6 Å². The number of carboxylic acid groups (broad SMARTS) is 1. The van der Waals surface area contributed by atoms with Gasteiger partial charge in [-0.2, -0.15) is 21.0 Å². The van der Waals surface area contributed by atoms with Gasteiger partial charge in [0.25, 0.3) is 0 Å². The molecule has 1 unspecified atom stereocenters. The molecule has 1 rings (SSSR count). The molecule has 0 aliphatic carbocycles. The van der Waals surface area contributed by atoms with E-state index < -0.39 is 59.7 Å². The normalized spacial score (nSPS) is 27.5. The van der Waals surface area contributed by atoms with Gasteiger partial charge in [0.1, 0.15) is 24.4 Å². The Labute approximate surface area is 208 Å². The zero-order chi connectivity index (χ0) is 21.9. The zero-order valence-corrected chi connectivity index (χ0v) is 19.8. The van der Waals surface area contributed by atoms with E-state index in [9.17, 15) is 19.8 Å². The van der Waals surface area contributed by atoms with Crippen LogP contribution in [0.15, 0.2) is 0 Å². The molecule has 0 spiro atoms. The molecule has 0 aromatic rings. The van der Waals surface area contributed by atoms with Crippen molar-refractivity contribution in [3.63, 3.8) is 0 Å². The fourth-order valence-corrected chi connectivity index (χ4v) is 1.80. The van der Waals surface area contributed by atoms with Crippen LogP contribution in [0.4, 0.5) is 0 Å². The molecule has 0 aromatic heterocycles. The molecule has 1 fully saturated rings. The number of hydrogen-bond donors (Lipinski definition) is 10. The fraction of sp³-hybridized carbons (Fsp3) is 0.818. The van der Waals surface area contributed by atoms with Crippen LogP contribution in [0.25, 0.3) is 0 Å². The van der Waals surface area contributed by atoms with E-state index in [0.717, 1.165) is 0 Å². The predicted molar refractivity (Wildman–Crippen MR) is 97.0 cm³/mol. The smallest absolute Gasteiger partial charge is 0.394 e. The van der Waals surface area contributed by atoms with Crippen LogP contribution in [0.5, 0.6) is 0 Å². The van der Waals surface area contributed by atoms with Crippen molar-refractivity contribution in [2.75, 3.05) is 12.4 Å². The quantitative estimate of drug-likeness (QED) is 0.103. The summed E-state index contributed by atoms with van der Waals surface area (Å²) in [6.45, 7) is 0.793. The second-order valence-corrected chi connectivity index (χ2v) is 6.29. The summed E-state index contributed by atoms with van der Waals surface area (Å²) >= 11 is 3.73. The Bertz CT molecular complexity index is 553. The largest absolute Gasteiger partial charge is 0.480 e. The van der Waals surface area contributed by atoms with Crippen LogP contribution in [0, 0.1) is 0 Å². The second kappa shape index (κ2) is 16.3. The minimum absolute atomic E-state index is 0. The molecule has 1 amide bonds. The van der Waals surface area contributed by atoms with Gasteiger partial charge in [-0.05, 0) is 0 Å². The molecule has 1 aliphatic heterocycles. The summed E-state index contributed by atoms with van der Waals surface area (Å²) in [5, 5.41) is 46.6. The Morgan fingerprint density at radius 1 is 1.21 bits per heavy atom. The third-order valence-corrected chi connectivity index (χ3v) is 3.17. The van der Waals surface area contributed by atoms with E-state index >= 15 is 0 Å². The molecule has 10 N–H and O–H groups in total. The predicted octanol–water partition coefficient (Wildman–Crippen LogP) is -4.78. The summed E-state index contributed by atoms with van der Waals surface area (Å²) in [4.78, 5) is 20.5. The van der Waals surface area contributed by atoms with Gasteiger partial charge >= 0.3 is 16.4 Å². The van der Waals surface area contributed by atoms with Crippen molar-refractivity contribution >= 4 is 86.3 Å². The number of nitrogens with one attached hydrogen (secondary N) is 1. The zero-order valence-electron chi connectivity index (χ0n) is 15.0. The molecule has 0 aromatic carbocycles. The van der Waals surface area contributed by atoms with E-state index in [1.54, 1.807) is 0 Å². The molecule has 0 saturated carbocycles. The molecule has 17 heteroatoms. The summed E-state index contributed by atoms with van der Waals surface area (Å²) in [6, 6.07) is -1.91. The third kappa shape index (κ3) is 16.4. The molecule has 163 valence electrons. The Morgan fingerprint density at radius 3 is 1.89 bits per heavy atom. The maximum atomic E-state index is 10.3. The number of hydrogen-bond acceptors (Lipinski definition) is 11. The van der Waals surface area contributed by atoms with Gasteiger partial charge in [-0.3, -0.25) is 13.9 Å². The number of nitrogens with two attached hydrogens (primary N) is 1. The number of ether oxygens (including phenoxy) is 1. The van der Waals surface area contributed by atoms with E-state index in [-0.39, 0.29) is 63.0 Å². The topological polar surface area (TPSA) is 257 Å². The molecular formula is C11H24KN2O12S2. The van der Waals surface area contributed by atoms with Crippen LogP contribution in [0.3, 0.4) is 0 Å². The molecule has 28 heavy (non-hydrogen) atoms. The first-order valence-electron chi connectivity index (χ1n) is 7.02. The third-order valence-electron chi connectivity index (χ3n) is 2.81. The molecule has 0 bridgehead atoms. The number of rotatable bonds is 4. The number of aliphatic carboxylic acids is 1. The van der Waals surface area contributed by atoms with Crippen LogP contribution in [-0.2, 0) is 24.7 Å². The first-order valence-corrected chi connectivity index (χ1v) is 9.05. The average molecular weight is 480 g/mol. The number of carboxylic acids is 1. The fourth-order valence-electron chi connectivity index (χ4n) is 1.55. The molecular weight excluding hydrogens is 455 g/mol. The Hall–Kier alpha value is 0.556. The van der Waals surface area contributed by atoms with Crippen molar-refractivity contribution in [3.05, 3.63) is 0 Å². The van der Waals surface area contributed by atoms with E-state index in [4.69, 9.17) is 43.3 Å². The summed E-state index contributed by atoms with van der Waals surface area (Å²) in [7, 11) is -4.67. The summed E-state index contributed by atoms with van der Waals surface area (Å²) < 4.78 is 36.3. The number of carbonyl (C=O) groups is 2. The second-order valence-electron chi connectivity index (χ2n) is 5.03. The van der Waals surface area contributed by atoms with Gasteiger partial charge in [-0.1, -0.05) is 0 Å². The number of aliphatic hydroxyl groups is 4. The van der Waals surface area contributed by atoms with Crippen LogP contribution in [0.1, 0.15) is 6.92 Å². The summed E-state index contributed by atoms with van der Waals surface area (Å²) in [5.74, 6) is -1.32. The van der Waals surface area contributed by atoms with E-state index in [1.807, 2.05) is 0 Å². The SMILES string of the molecule is CC(=O)N[C@@H](CS)C(=O)O.N[C@H]1C(O)O[C@H](CO)[C@@H](O)[C@@H]1O.O=S(=O)(O)O.[K]. The summed E-state index contributed by atoms with van der Waals surface area (Å²) in [5.41, 5.74) is 5.26. The van der Waals surface area contributed by atoms with Gasteiger partial charge in [0.2, 0.25) is 5.91 Å². The number of thiol groups is 1. The van der Waals surface area contributed by atoms with Gasteiger partial charge < -0.3 is 41.3 Å². The standard InChI is InChI=1S/C6H13NO5.C5H9NO3S.K.H2O4S/c7-3-5(10)4(9)2(1-8)12-6(3)11;1-3(7)6-4(2-10)5(8)9;;1-5(2,3)4/h2-6,8-11H,1,7H2;4,10H,2H2,1H3,(H,6,7)(H,8,9);;(H2,1,2,3,4)/t2-,3-,4-,5-,6?;4-;;/m10../s1. The van der Waals surface area contributed by atoms with Crippen molar-refractivity contribution in [1.29, 1.82) is 0 Å². The Kier molecular flexibility index (Phi) is 19.3. The van der Waals surface area contributed by atoms with Crippen LogP contribution < -0.4 is 11.1 Å². The number of aliphatic hydroxyl groups excluding tert-OH is 4. The van der Waals surface area contributed by atoms with Crippen molar-refractivity contribution in [3.8, 4) is 0 Å². The maximum absolute atomic E-state index is 10.3. The van der Waals surface area contributed by atoms with Gasteiger partial charge in [0.15, 0.2) is 6.29 Å². The minimum atomic E-state index is -4.67. The van der Waals surface area contributed by atoms with Crippen molar-refractivity contribution in [1.82, 2.24) is 5.32 Å². The molecule has 6 atom stereocenters. The molecule has 14 nitrogen and oxygen atoms in total. The Morgan fingerprint density at radius 2 is 1.64 bits per heavy atom. The van der Waals surface area contributed by atoms with E-state index in [1.165, 1.54) is 6.92 Å². The first kappa shape index (κ1) is 33.2. The Balaban J connectivity index is -0.000000356. The van der Waals surface area contributed by atoms with Crippen molar-refractivity contribution < 1.29 is 57.4 Å². The molecule has 1 heterocycles. The van der Waals surface area contributed by atoms with Crippen LogP contribution in [0.2, 0.25) is 0 Å². The van der Waals surface area contributed by atoms with Gasteiger partial charge in [-0.25, -0.2) is 4.79 Å². The maximum Gasteiger partial charge on any atom is 0.394 e. The van der Waals surface area contributed by atoms with Crippen molar-refractivity contribution in [2.45, 2.75) is 43.6 Å². The monoisotopic (exact) mass is 479 g/mol. The average Bonchev–Trinajstić information content (AvgIpc) is 2.52. The van der Waals surface area contributed by atoms with Gasteiger partial charge in [0.05, 0.1) is 12.6 Å². The van der Waals surface area contributed by atoms with Crippen LogP contribution in [-0.4, -0.2) is 155 Å². The number of amides is 1. The van der Waals surface area contributed by atoms with Crippen molar-refractivity contribution in [2.24, 2.45) is 5.73 Å². The molecule has 1 aliphatic rings. The first-order chi connectivity index (χ1) is 12.1.